The molecule has 0 bridgehead atoms. The first kappa shape index (κ1) is 17.4. The molecule has 0 N–H and O–H groups in total. The third kappa shape index (κ3) is 2.97. The van der Waals surface area contributed by atoms with E-state index < -0.39 is 29.8 Å². The summed E-state index contributed by atoms with van der Waals surface area (Å²) in [6.45, 7) is 1.16. The van der Waals surface area contributed by atoms with Crippen molar-refractivity contribution in [3.63, 3.8) is 0 Å². The minimum absolute atomic E-state index is 0.0213. The lowest BCUT2D eigenvalue weighted by molar-refractivity contribution is -0.149. The van der Waals surface area contributed by atoms with Crippen molar-refractivity contribution in [2.75, 3.05) is 7.11 Å². The van der Waals surface area contributed by atoms with Crippen molar-refractivity contribution in [1.82, 2.24) is 4.90 Å². The molecule has 3 rings (SSSR count). The largest absolute Gasteiger partial charge is 0.463 e. The van der Waals surface area contributed by atoms with E-state index in [9.17, 15) is 19.2 Å². The van der Waals surface area contributed by atoms with Crippen LogP contribution in [0.3, 0.4) is 0 Å². The second-order valence-corrected chi connectivity index (χ2v) is 5.57. The van der Waals surface area contributed by atoms with Gasteiger partial charge in [0.15, 0.2) is 0 Å². The summed E-state index contributed by atoms with van der Waals surface area (Å²) < 4.78 is 14.8. The van der Waals surface area contributed by atoms with Gasteiger partial charge in [-0.25, -0.2) is 9.59 Å². The summed E-state index contributed by atoms with van der Waals surface area (Å²) in [6.07, 6.45) is 0. The molecule has 2 heterocycles. The molecule has 0 fully saturated rings. The molecule has 0 spiro atoms. The molecule has 0 saturated heterocycles. The predicted molar refractivity (Wildman–Crippen MR) is 86.2 cm³/mol. The summed E-state index contributed by atoms with van der Waals surface area (Å²) >= 11 is 0. The Morgan fingerprint density at radius 1 is 1.08 bits per heavy atom. The monoisotopic (exact) mass is 357 g/mol. The second kappa shape index (κ2) is 6.83. The van der Waals surface area contributed by atoms with E-state index in [2.05, 4.69) is 4.74 Å². The lowest BCUT2D eigenvalue weighted by Crippen LogP contribution is -2.43. The first-order chi connectivity index (χ1) is 12.4. The topological polar surface area (TPSA) is 103 Å². The molecular formula is C18H15NO7. The summed E-state index contributed by atoms with van der Waals surface area (Å²) in [4.78, 5) is 49.2. The number of amides is 2. The van der Waals surface area contributed by atoms with Crippen molar-refractivity contribution >= 4 is 23.8 Å². The third-order valence-electron chi connectivity index (χ3n) is 3.96. The fourth-order valence-corrected chi connectivity index (χ4v) is 2.59. The number of fused-ring (bicyclic) bond motifs is 1. The Kier molecular flexibility index (Phi) is 4.57. The van der Waals surface area contributed by atoms with Crippen molar-refractivity contribution in [2.45, 2.75) is 19.6 Å². The molecule has 1 aromatic carbocycles. The maximum absolute atomic E-state index is 12.4. The Morgan fingerprint density at radius 2 is 1.69 bits per heavy atom. The molecule has 26 heavy (non-hydrogen) atoms. The number of carbonyl (C=O) groups is 4. The number of nitrogens with zero attached hydrogens (tertiary/aromatic N) is 1. The van der Waals surface area contributed by atoms with Gasteiger partial charge in [0.25, 0.3) is 11.8 Å². The van der Waals surface area contributed by atoms with E-state index >= 15 is 0 Å². The standard InChI is InChI=1S/C18H15NO7/c1-10(19-15(20)12-5-3-4-6-13(12)16(19)21)17(22)25-9-11-7-8-14(26-11)18(23)24-2/h3-8,10H,9H2,1-2H3/t10-/m0/s1. The van der Waals surface area contributed by atoms with Crippen molar-refractivity contribution in [2.24, 2.45) is 0 Å². The molecule has 1 aliphatic rings. The molecule has 2 aromatic rings. The van der Waals surface area contributed by atoms with Gasteiger partial charge in [-0.05, 0) is 31.2 Å². The minimum Gasteiger partial charge on any atom is -0.463 e. The molecule has 2 amide bonds. The van der Waals surface area contributed by atoms with Gasteiger partial charge in [0, 0.05) is 0 Å². The van der Waals surface area contributed by atoms with Crippen molar-refractivity contribution in [1.29, 1.82) is 0 Å². The second-order valence-electron chi connectivity index (χ2n) is 5.57. The van der Waals surface area contributed by atoms with Crippen molar-refractivity contribution < 1.29 is 33.1 Å². The number of ether oxygens (including phenoxy) is 2. The number of rotatable bonds is 5. The highest BCUT2D eigenvalue weighted by Gasteiger charge is 2.41. The van der Waals surface area contributed by atoms with Crippen LogP contribution >= 0.6 is 0 Å². The van der Waals surface area contributed by atoms with Crippen LogP contribution in [0.1, 0.15) is 44.0 Å². The molecule has 0 radical (unpaired) electrons. The number of furan rings is 1. The summed E-state index contributed by atoms with van der Waals surface area (Å²) in [5.74, 6) is -2.29. The minimum atomic E-state index is -1.10. The molecule has 8 nitrogen and oxygen atoms in total. The molecule has 134 valence electrons. The van der Waals surface area contributed by atoms with Crippen molar-refractivity contribution in [3.05, 3.63) is 59.0 Å². The average molecular weight is 357 g/mol. The Hall–Kier alpha value is -3.42. The molecule has 1 atom stereocenters. The smallest absolute Gasteiger partial charge is 0.373 e. The van der Waals surface area contributed by atoms with Gasteiger partial charge in [-0.3, -0.25) is 14.5 Å². The molecule has 0 unspecified atom stereocenters. The highest BCUT2D eigenvalue weighted by Crippen LogP contribution is 2.25. The van der Waals surface area contributed by atoms with Gasteiger partial charge in [0.1, 0.15) is 18.4 Å². The van der Waals surface area contributed by atoms with Crippen LogP contribution in [0.25, 0.3) is 0 Å². The van der Waals surface area contributed by atoms with Gasteiger partial charge in [-0.2, -0.15) is 0 Å². The first-order valence-electron chi connectivity index (χ1n) is 7.74. The van der Waals surface area contributed by atoms with E-state index in [0.29, 0.717) is 0 Å². The van der Waals surface area contributed by atoms with Gasteiger partial charge < -0.3 is 13.9 Å². The Labute approximate surface area is 148 Å². The average Bonchev–Trinajstić information content (AvgIpc) is 3.22. The van der Waals surface area contributed by atoms with Crippen LogP contribution in [0.4, 0.5) is 0 Å². The number of esters is 2. The SMILES string of the molecule is COC(=O)c1ccc(COC(=O)[C@H](C)N2C(=O)c3ccccc3C2=O)o1. The number of hydrogen-bond acceptors (Lipinski definition) is 7. The lowest BCUT2D eigenvalue weighted by atomic mass is 10.1. The number of benzene rings is 1. The highest BCUT2D eigenvalue weighted by atomic mass is 16.6. The van der Waals surface area contributed by atoms with Crippen LogP contribution in [0.2, 0.25) is 0 Å². The van der Waals surface area contributed by atoms with Gasteiger partial charge in [0.2, 0.25) is 5.76 Å². The van der Waals surface area contributed by atoms with Gasteiger partial charge in [0.05, 0.1) is 18.2 Å². The van der Waals surface area contributed by atoms with Crippen LogP contribution in [0, 0.1) is 0 Å². The summed E-state index contributed by atoms with van der Waals surface area (Å²) in [6, 6.07) is 8.11. The van der Waals surface area contributed by atoms with E-state index in [-0.39, 0.29) is 29.3 Å². The number of hydrogen-bond donors (Lipinski definition) is 0. The Bertz CT molecular complexity index is 863. The van der Waals surface area contributed by atoms with E-state index in [4.69, 9.17) is 9.15 Å². The molecule has 1 aliphatic heterocycles. The van der Waals surface area contributed by atoms with E-state index in [1.165, 1.54) is 38.3 Å². The molecule has 1 aromatic heterocycles. The molecule has 8 heteroatoms. The summed E-state index contributed by atoms with van der Waals surface area (Å²) in [7, 11) is 1.22. The Morgan fingerprint density at radius 3 is 2.27 bits per heavy atom. The molecule has 0 aliphatic carbocycles. The van der Waals surface area contributed by atoms with Crippen LogP contribution in [0.5, 0.6) is 0 Å². The summed E-state index contributed by atoms with van der Waals surface area (Å²) in [5.41, 5.74) is 0.511. The van der Waals surface area contributed by atoms with Crippen molar-refractivity contribution in [3.8, 4) is 0 Å². The normalized spacial score (nSPS) is 14.2. The predicted octanol–water partition coefficient (Wildman–Crippen LogP) is 1.79. The first-order valence-corrected chi connectivity index (χ1v) is 7.74. The molecule has 0 saturated carbocycles. The number of methoxy groups -OCH3 is 1. The van der Waals surface area contributed by atoms with E-state index in [1.807, 2.05) is 0 Å². The van der Waals surface area contributed by atoms with Crippen LogP contribution < -0.4 is 0 Å². The van der Waals surface area contributed by atoms with E-state index in [0.717, 1.165) is 4.90 Å². The maximum atomic E-state index is 12.4. The number of carbonyl (C=O) groups excluding carboxylic acids is 4. The van der Waals surface area contributed by atoms with Crippen LogP contribution in [0.15, 0.2) is 40.8 Å². The highest BCUT2D eigenvalue weighted by molar-refractivity contribution is 6.22. The third-order valence-corrected chi connectivity index (χ3v) is 3.96. The fraction of sp³-hybridized carbons (Fsp3) is 0.222. The van der Waals surface area contributed by atoms with Crippen LogP contribution in [-0.2, 0) is 20.9 Å². The van der Waals surface area contributed by atoms with Crippen LogP contribution in [-0.4, -0.2) is 41.8 Å². The zero-order valence-electron chi connectivity index (χ0n) is 14.1. The fourth-order valence-electron chi connectivity index (χ4n) is 2.59. The summed E-state index contributed by atoms with van der Waals surface area (Å²) in [5, 5.41) is 0. The zero-order valence-corrected chi connectivity index (χ0v) is 14.1. The van der Waals surface area contributed by atoms with Gasteiger partial charge in [-0.15, -0.1) is 0 Å². The van der Waals surface area contributed by atoms with Gasteiger partial charge >= 0.3 is 11.9 Å². The van der Waals surface area contributed by atoms with Gasteiger partial charge in [-0.1, -0.05) is 12.1 Å². The van der Waals surface area contributed by atoms with E-state index in [1.54, 1.807) is 12.1 Å². The Balaban J connectivity index is 1.65. The molecular weight excluding hydrogens is 342 g/mol. The lowest BCUT2D eigenvalue weighted by Gasteiger charge is -2.20. The quantitative estimate of drug-likeness (QED) is 0.594. The maximum Gasteiger partial charge on any atom is 0.373 e. The zero-order chi connectivity index (χ0) is 18.8. The number of imide groups is 1.